The molecule has 0 spiro atoms. The lowest BCUT2D eigenvalue weighted by atomic mass is 9.94. The van der Waals surface area contributed by atoms with Crippen LogP contribution in [0.5, 0.6) is 0 Å². The molecule has 0 aromatic rings. The van der Waals surface area contributed by atoms with Gasteiger partial charge in [0.2, 0.25) is 76.8 Å². The third-order valence-corrected chi connectivity index (χ3v) is 20.3. The van der Waals surface area contributed by atoms with Gasteiger partial charge in [-0.05, 0) is 204 Å². The summed E-state index contributed by atoms with van der Waals surface area (Å²) in [7, 11) is 1.30. The van der Waals surface area contributed by atoms with Crippen molar-refractivity contribution in [3.63, 3.8) is 0 Å². The molecule has 7 atom stereocenters. The largest absolute Gasteiger partial charge is 0.469 e. The van der Waals surface area contributed by atoms with Gasteiger partial charge in [0, 0.05) is 87.2 Å². The molecule has 0 saturated carbocycles. The molecule has 114 heavy (non-hydrogen) atoms. The zero-order valence-corrected chi connectivity index (χ0v) is 75.4. The standard InChI is InChI=1S/C83H152N14O17/c1-47(2)54(33-40-61(98)92-78(20,21)69(106)86-56(49(5)6)35-42-63(100)94-80(24,25)71(108)88-58(51(9)10)37-44-65(102)96-82(28,29)73(110)90-60(53(13)14)39-46-67(104)113-32)84-68(105)77(18,19)91-62(99)41-34-55(48(3)4)85-70(107)79(22,23)93-64(101)43-36-57(50(7)8)87-72(109)81(26,27)95-66(103)45-38-59(52(11)12)89-74(111)83(30,31)97-75(112)114-76(15,16)17/h47-60H,33-46H2,1-32H3,(H,84,105)(H,85,107)(H,86,106)(H,87,109)(H,88,108)(H,89,111)(H,90,110)(H,91,99)(H,92,98)(H,93,101)(H,94,100)(H,95,103)(H,96,102)(H,97,112). The summed E-state index contributed by atoms with van der Waals surface area (Å²) in [5.41, 5.74) is -10.4. The molecule has 0 rings (SSSR count). The molecular weight excluding hydrogens is 1460 g/mol. The van der Waals surface area contributed by atoms with E-state index < -0.39 is 169 Å². The van der Waals surface area contributed by atoms with E-state index in [1.807, 2.05) is 96.9 Å². The van der Waals surface area contributed by atoms with E-state index in [0.29, 0.717) is 6.42 Å². The Balaban J connectivity index is 5.57. The van der Waals surface area contributed by atoms with Gasteiger partial charge in [0.15, 0.2) is 0 Å². The maximum absolute atomic E-state index is 13.9. The van der Waals surface area contributed by atoms with Gasteiger partial charge in [0.05, 0.1) is 7.11 Å². The van der Waals surface area contributed by atoms with E-state index >= 15 is 0 Å². The number of carbonyl (C=O) groups is 15. The van der Waals surface area contributed by atoms with Gasteiger partial charge in [-0.2, -0.15) is 0 Å². The first-order valence-corrected chi connectivity index (χ1v) is 40.9. The van der Waals surface area contributed by atoms with E-state index in [1.54, 1.807) is 118 Å². The minimum atomic E-state index is -1.42. The summed E-state index contributed by atoms with van der Waals surface area (Å²) in [5, 5.41) is 40.2. The first kappa shape index (κ1) is 106. The lowest BCUT2D eigenvalue weighted by Crippen LogP contribution is -2.59. The highest BCUT2D eigenvalue weighted by atomic mass is 16.6. The summed E-state index contributed by atoms with van der Waals surface area (Å²) in [4.78, 5) is 201. The van der Waals surface area contributed by atoms with Crippen molar-refractivity contribution in [2.45, 2.75) is 391 Å². The van der Waals surface area contributed by atoms with Crippen molar-refractivity contribution >= 4 is 88.9 Å². The van der Waals surface area contributed by atoms with E-state index in [0.717, 1.165) is 0 Å². The molecule has 0 saturated heterocycles. The lowest BCUT2D eigenvalue weighted by Gasteiger charge is -2.32. The van der Waals surface area contributed by atoms with Crippen LogP contribution in [0.15, 0.2) is 0 Å². The summed E-state index contributed by atoms with van der Waals surface area (Å²) in [6.07, 6.45) is 0.688. The SMILES string of the molecule is COC(=O)CCC(NC(=O)C(C)(C)NC(=O)CCC(NC(=O)C(C)(C)NC(=O)CCC(NC(=O)C(C)(C)NC(=O)CCC(NC(=O)C(C)(C)NC(=O)CCC(NC(=O)C(C)(C)NC(=O)CCC(NC(=O)C(C)(C)NC(=O)CCC(NC(=O)C(C)(C)NC(=O)OC(C)(C)C)C(C)C)C(C)C)C(C)C)C(C)C)C(C)C)C(C)C)C(C)C. The maximum atomic E-state index is 13.9. The first-order valence-electron chi connectivity index (χ1n) is 40.9. The number of esters is 1. The zero-order chi connectivity index (χ0) is 89.0. The summed E-state index contributed by atoms with van der Waals surface area (Å²) in [6, 6.07) is -3.32. The molecule has 656 valence electrons. The number of rotatable bonds is 49. The molecule has 0 bridgehead atoms. The Morgan fingerprint density at radius 1 is 0.228 bits per heavy atom. The Morgan fingerprint density at radius 2 is 0.368 bits per heavy atom. The first-order chi connectivity index (χ1) is 51.7. The fourth-order valence-corrected chi connectivity index (χ4v) is 12.0. The summed E-state index contributed by atoms with van der Waals surface area (Å²) >= 11 is 0. The molecule has 31 nitrogen and oxygen atoms in total. The average molecular weight is 1620 g/mol. The van der Waals surface area contributed by atoms with Gasteiger partial charge in [-0.1, -0.05) is 96.9 Å². The third-order valence-electron chi connectivity index (χ3n) is 20.3. The van der Waals surface area contributed by atoms with E-state index in [9.17, 15) is 71.9 Å². The smallest absolute Gasteiger partial charge is 0.408 e. The maximum Gasteiger partial charge on any atom is 0.408 e. The van der Waals surface area contributed by atoms with Crippen LogP contribution in [0.2, 0.25) is 0 Å². The Bertz CT molecular complexity index is 3260. The zero-order valence-electron chi connectivity index (χ0n) is 75.4. The van der Waals surface area contributed by atoms with Crippen LogP contribution in [0, 0.1) is 41.4 Å². The van der Waals surface area contributed by atoms with Crippen LogP contribution in [-0.4, -0.2) is 183 Å². The van der Waals surface area contributed by atoms with Crippen LogP contribution in [0.25, 0.3) is 0 Å². The minimum Gasteiger partial charge on any atom is -0.469 e. The second kappa shape index (κ2) is 46.0. The Labute approximate surface area is 681 Å². The molecule has 0 aliphatic carbocycles. The molecule has 0 fully saturated rings. The highest BCUT2D eigenvalue weighted by Crippen LogP contribution is 2.22. The number of methoxy groups -OCH3 is 1. The van der Waals surface area contributed by atoms with Crippen molar-refractivity contribution < 1.29 is 81.4 Å². The molecule has 14 amide bonds. The molecule has 0 aliphatic heterocycles. The van der Waals surface area contributed by atoms with Crippen LogP contribution < -0.4 is 74.4 Å². The second-order valence-electron chi connectivity index (χ2n) is 37.9. The predicted octanol–water partition coefficient (Wildman–Crippen LogP) is 7.28. The second-order valence-corrected chi connectivity index (χ2v) is 37.9. The number of nitrogens with one attached hydrogen (secondary N) is 14. The van der Waals surface area contributed by atoms with Crippen LogP contribution in [-0.2, 0) is 76.6 Å². The number of hydrogen-bond donors (Lipinski definition) is 14. The molecular formula is C83H152N14O17. The van der Waals surface area contributed by atoms with Gasteiger partial charge >= 0.3 is 12.1 Å². The van der Waals surface area contributed by atoms with Gasteiger partial charge in [0.1, 0.15) is 44.4 Å². The Hall–Kier alpha value is -8.15. The molecule has 0 radical (unpaired) electrons. The number of hydrogen-bond acceptors (Lipinski definition) is 17. The quantitative estimate of drug-likeness (QED) is 0.0266. The lowest BCUT2D eigenvalue weighted by molar-refractivity contribution is -0.141. The topological polar surface area (TPSA) is 443 Å². The van der Waals surface area contributed by atoms with E-state index in [2.05, 4.69) is 74.4 Å². The van der Waals surface area contributed by atoms with Crippen molar-refractivity contribution in [2.75, 3.05) is 7.11 Å². The fourth-order valence-electron chi connectivity index (χ4n) is 12.0. The van der Waals surface area contributed by atoms with Gasteiger partial charge in [-0.3, -0.25) is 67.1 Å². The average Bonchev–Trinajstić information content (AvgIpc) is 0.865. The molecule has 0 aliphatic rings. The molecule has 31 heteroatoms. The number of ether oxygens (including phenoxy) is 2. The molecule has 0 heterocycles. The highest BCUT2D eigenvalue weighted by molar-refractivity contribution is 5.95. The normalized spacial score (nSPS) is 14.4. The van der Waals surface area contributed by atoms with Crippen molar-refractivity contribution in [2.24, 2.45) is 41.4 Å². The van der Waals surface area contributed by atoms with Gasteiger partial charge < -0.3 is 83.9 Å². The van der Waals surface area contributed by atoms with Crippen molar-refractivity contribution in [3.05, 3.63) is 0 Å². The number of amides is 14. The van der Waals surface area contributed by atoms with E-state index in [1.165, 1.54) is 7.11 Å². The van der Waals surface area contributed by atoms with Crippen molar-refractivity contribution in [3.8, 4) is 0 Å². The fraction of sp³-hybridized carbons (Fsp3) is 0.819. The minimum absolute atomic E-state index is 0.00856. The van der Waals surface area contributed by atoms with Crippen molar-refractivity contribution in [1.82, 2.24) is 74.4 Å². The van der Waals surface area contributed by atoms with Crippen LogP contribution in [0.3, 0.4) is 0 Å². The summed E-state index contributed by atoms with van der Waals surface area (Å²) < 4.78 is 10.1. The van der Waals surface area contributed by atoms with Gasteiger partial charge in [-0.15, -0.1) is 0 Å². The number of alkyl carbamates (subject to hydrolysis) is 1. The summed E-state index contributed by atoms with van der Waals surface area (Å²) in [6.45, 7) is 53.4. The predicted molar refractivity (Wildman–Crippen MR) is 441 cm³/mol. The molecule has 0 aromatic heterocycles. The third kappa shape index (κ3) is 39.5. The monoisotopic (exact) mass is 1620 g/mol. The van der Waals surface area contributed by atoms with Crippen molar-refractivity contribution in [1.29, 1.82) is 0 Å². The van der Waals surface area contributed by atoms with Crippen LogP contribution in [0.1, 0.15) is 305 Å². The molecule has 14 N–H and O–H groups in total. The van der Waals surface area contributed by atoms with E-state index in [-0.39, 0.29) is 131 Å². The van der Waals surface area contributed by atoms with Crippen LogP contribution in [0.4, 0.5) is 4.79 Å². The van der Waals surface area contributed by atoms with Gasteiger partial charge in [-0.25, -0.2) is 4.79 Å². The molecule has 7 unspecified atom stereocenters. The summed E-state index contributed by atoms with van der Waals surface area (Å²) in [5.74, 6) is -7.17. The van der Waals surface area contributed by atoms with Crippen LogP contribution >= 0.6 is 0 Å². The molecule has 0 aromatic carbocycles. The Morgan fingerprint density at radius 3 is 0.500 bits per heavy atom. The highest BCUT2D eigenvalue weighted by Gasteiger charge is 2.41. The number of carbonyl (C=O) groups excluding carboxylic acids is 15. The Kier molecular flexibility index (Phi) is 42.7. The van der Waals surface area contributed by atoms with E-state index in [4.69, 9.17) is 9.47 Å². The van der Waals surface area contributed by atoms with Gasteiger partial charge in [0.25, 0.3) is 0 Å².